The molecule has 4 aromatic rings. The minimum Gasteiger partial charge on any atom is -0.389 e. The monoisotopic (exact) mass is 519 g/mol. The quantitative estimate of drug-likeness (QED) is 0.431. The van der Waals surface area contributed by atoms with Crippen molar-refractivity contribution in [3.05, 3.63) is 40.7 Å². The van der Waals surface area contributed by atoms with Crippen LogP contribution in [0, 0.1) is 34.3 Å². The second-order valence-electron chi connectivity index (χ2n) is 10.6. The smallest absolute Gasteiger partial charge is 0.226 e. The van der Waals surface area contributed by atoms with Gasteiger partial charge < -0.3 is 20.3 Å². The second kappa shape index (κ2) is 7.77. The number of nitriles is 1. The number of hydrogen-bond donors (Lipinski definition) is 1. The Morgan fingerprint density at radius 3 is 2.86 bits per heavy atom. The summed E-state index contributed by atoms with van der Waals surface area (Å²) in [5, 5.41) is 10.7. The molecule has 2 N–H and O–H groups in total. The molecule has 37 heavy (non-hydrogen) atoms. The molecule has 7 rings (SSSR count). The molecule has 3 aliphatic rings. The van der Waals surface area contributed by atoms with Gasteiger partial charge in [-0.15, -0.1) is 11.3 Å². The molecule has 0 unspecified atom stereocenters. The van der Waals surface area contributed by atoms with Gasteiger partial charge in [0.1, 0.15) is 16.6 Å². The Morgan fingerprint density at radius 1 is 1.27 bits per heavy atom. The van der Waals surface area contributed by atoms with Gasteiger partial charge in [-0.2, -0.15) is 5.26 Å². The summed E-state index contributed by atoms with van der Waals surface area (Å²) in [6, 6.07) is 2.04. The summed E-state index contributed by atoms with van der Waals surface area (Å²) in [4.78, 5) is 18.0. The lowest BCUT2D eigenvalue weighted by molar-refractivity contribution is 0.135. The molecule has 0 spiro atoms. The number of thiophene rings is 1. The van der Waals surface area contributed by atoms with Crippen LogP contribution in [0.3, 0.4) is 0 Å². The highest BCUT2D eigenvalue weighted by Crippen LogP contribution is 2.58. The Kier molecular flexibility index (Phi) is 4.77. The van der Waals surface area contributed by atoms with E-state index in [-0.39, 0.29) is 56.1 Å². The van der Waals surface area contributed by atoms with Crippen LogP contribution in [0.2, 0.25) is 0 Å². The number of ether oxygens (including phenoxy) is 1. The maximum atomic E-state index is 16.5. The first-order valence-electron chi connectivity index (χ1n) is 12.1. The molecule has 0 bridgehead atoms. The first-order chi connectivity index (χ1) is 17.8. The highest BCUT2D eigenvalue weighted by Gasteiger charge is 2.60. The molecule has 1 saturated carbocycles. The van der Waals surface area contributed by atoms with Gasteiger partial charge in [-0.1, -0.05) is 0 Å². The van der Waals surface area contributed by atoms with Crippen molar-refractivity contribution < 1.29 is 13.5 Å². The maximum absolute atomic E-state index is 16.5. The van der Waals surface area contributed by atoms with E-state index in [1.54, 1.807) is 6.20 Å². The summed E-state index contributed by atoms with van der Waals surface area (Å²) in [7, 11) is 4.16. The van der Waals surface area contributed by atoms with E-state index in [9.17, 15) is 9.65 Å². The van der Waals surface area contributed by atoms with E-state index in [4.69, 9.17) is 15.5 Å². The van der Waals surface area contributed by atoms with Crippen molar-refractivity contribution >= 4 is 43.3 Å². The molecule has 3 aromatic heterocycles. The molecule has 188 valence electrons. The van der Waals surface area contributed by atoms with Crippen LogP contribution in [-0.2, 0) is 18.0 Å². The molecule has 2 fully saturated rings. The molecular formula is C26H23F2N7OS. The number of piperidine rings is 1. The third-order valence-electron chi connectivity index (χ3n) is 7.95. The molecule has 11 heteroatoms. The summed E-state index contributed by atoms with van der Waals surface area (Å²) in [5.74, 6) is -0.0938. The van der Waals surface area contributed by atoms with Crippen molar-refractivity contribution in [1.82, 2.24) is 19.9 Å². The SMILES string of the molecule is CN(C)C[C@]12C[C@H]1CN(c1ncc3c4c(c(-c5ncc(F)c6sc(N)c(C#N)c56)c(F)c3n1)COC4)C2. The topological polar surface area (TPSA) is 104 Å². The number of halogens is 2. The molecule has 8 nitrogen and oxygen atoms in total. The number of pyridine rings is 1. The molecule has 1 aliphatic carbocycles. The molecule has 5 heterocycles. The lowest BCUT2D eigenvalue weighted by atomic mass is 9.94. The number of rotatable bonds is 4. The fraction of sp³-hybridized carbons (Fsp3) is 0.385. The van der Waals surface area contributed by atoms with Crippen molar-refractivity contribution in [3.8, 4) is 17.3 Å². The van der Waals surface area contributed by atoms with Crippen LogP contribution < -0.4 is 10.6 Å². The summed E-state index contributed by atoms with van der Waals surface area (Å²) in [6.45, 7) is 3.14. The Balaban J connectivity index is 1.42. The normalized spacial score (nSPS) is 22.2. The summed E-state index contributed by atoms with van der Waals surface area (Å²) in [6.07, 6.45) is 3.92. The van der Waals surface area contributed by atoms with Crippen LogP contribution >= 0.6 is 11.3 Å². The fourth-order valence-electron chi connectivity index (χ4n) is 6.31. The Morgan fingerprint density at radius 2 is 2.08 bits per heavy atom. The first kappa shape index (κ1) is 22.7. The van der Waals surface area contributed by atoms with E-state index < -0.39 is 11.6 Å². The molecule has 1 aromatic carbocycles. The van der Waals surface area contributed by atoms with E-state index in [0.29, 0.717) is 22.8 Å². The number of fused-ring (bicyclic) bond motifs is 5. The molecular weight excluding hydrogens is 496 g/mol. The van der Waals surface area contributed by atoms with Crippen molar-refractivity contribution in [2.24, 2.45) is 11.3 Å². The number of benzene rings is 1. The van der Waals surface area contributed by atoms with Gasteiger partial charge in [0.05, 0.1) is 35.4 Å². The zero-order valence-corrected chi connectivity index (χ0v) is 21.1. The number of nitrogen functional groups attached to an aromatic ring is 1. The van der Waals surface area contributed by atoms with Crippen LogP contribution in [0.25, 0.3) is 32.2 Å². The summed E-state index contributed by atoms with van der Waals surface area (Å²) < 4.78 is 37.0. The van der Waals surface area contributed by atoms with Crippen LogP contribution in [0.4, 0.5) is 19.7 Å². The van der Waals surface area contributed by atoms with Gasteiger partial charge in [0.2, 0.25) is 5.95 Å². The van der Waals surface area contributed by atoms with Crippen molar-refractivity contribution in [2.75, 3.05) is 44.4 Å². The number of nitrogens with two attached hydrogens (primary N) is 1. The average molecular weight is 520 g/mol. The summed E-state index contributed by atoms with van der Waals surface area (Å²) in [5.41, 5.74) is 8.29. The van der Waals surface area contributed by atoms with Crippen LogP contribution in [0.5, 0.6) is 0 Å². The third kappa shape index (κ3) is 3.19. The van der Waals surface area contributed by atoms with E-state index >= 15 is 4.39 Å². The van der Waals surface area contributed by atoms with Gasteiger partial charge in [-0.3, -0.25) is 4.98 Å². The van der Waals surface area contributed by atoms with Crippen LogP contribution in [0.1, 0.15) is 23.1 Å². The van der Waals surface area contributed by atoms with Gasteiger partial charge >= 0.3 is 0 Å². The van der Waals surface area contributed by atoms with Gasteiger partial charge in [-0.05, 0) is 37.6 Å². The van der Waals surface area contributed by atoms with Crippen molar-refractivity contribution in [3.63, 3.8) is 0 Å². The largest absolute Gasteiger partial charge is 0.389 e. The summed E-state index contributed by atoms with van der Waals surface area (Å²) >= 11 is 0.960. The Labute approximate surface area is 215 Å². The number of nitrogens with zero attached hydrogens (tertiary/aromatic N) is 6. The highest BCUT2D eigenvalue weighted by molar-refractivity contribution is 7.23. The lowest BCUT2D eigenvalue weighted by Gasteiger charge is -2.23. The predicted octanol–water partition coefficient (Wildman–Crippen LogP) is 4.06. The minimum atomic E-state index is -0.602. The molecule has 0 radical (unpaired) electrons. The molecule has 2 aliphatic heterocycles. The highest BCUT2D eigenvalue weighted by atomic mass is 32.1. The Hall–Kier alpha value is -3.46. The zero-order valence-electron chi connectivity index (χ0n) is 20.3. The Bertz CT molecular complexity index is 1680. The fourth-order valence-corrected chi connectivity index (χ4v) is 7.23. The maximum Gasteiger partial charge on any atom is 0.226 e. The van der Waals surface area contributed by atoms with Crippen LogP contribution in [-0.4, -0.2) is 53.6 Å². The number of aromatic nitrogens is 3. The second-order valence-corrected chi connectivity index (χ2v) is 11.6. The van der Waals surface area contributed by atoms with Crippen LogP contribution in [0.15, 0.2) is 12.4 Å². The van der Waals surface area contributed by atoms with E-state index in [0.717, 1.165) is 42.7 Å². The van der Waals surface area contributed by atoms with E-state index in [1.807, 2.05) is 6.07 Å². The third-order valence-corrected chi connectivity index (χ3v) is 8.98. The molecule has 1 saturated heterocycles. The van der Waals surface area contributed by atoms with Crippen molar-refractivity contribution in [2.45, 2.75) is 19.6 Å². The molecule has 2 atom stereocenters. The average Bonchev–Trinajstić information content (AvgIpc) is 3.23. The van der Waals surface area contributed by atoms with E-state index in [2.05, 4.69) is 33.9 Å². The predicted molar refractivity (Wildman–Crippen MR) is 137 cm³/mol. The number of anilines is 2. The lowest BCUT2D eigenvalue weighted by Crippen LogP contribution is -2.31. The van der Waals surface area contributed by atoms with Crippen molar-refractivity contribution in [1.29, 1.82) is 5.26 Å². The standard InChI is InChI=1S/C26H23F2N7OS/c1-34(2)10-26-3-12(26)7-35(11-26)25-32-5-14-15-8-36-9-16(15)18(20(28)21(14)33-25)22-19-13(4-29)24(30)37-23(19)17(27)6-31-22/h5-6,12H,3,7-11,30H2,1-2H3/t12-,26-/m0/s1. The van der Waals surface area contributed by atoms with Gasteiger partial charge in [0, 0.05) is 47.6 Å². The van der Waals surface area contributed by atoms with Gasteiger partial charge in [-0.25, -0.2) is 18.7 Å². The van der Waals surface area contributed by atoms with E-state index in [1.165, 1.54) is 6.42 Å². The van der Waals surface area contributed by atoms with Gasteiger partial charge in [0.25, 0.3) is 0 Å². The zero-order chi connectivity index (χ0) is 25.6. The molecule has 0 amide bonds. The number of hydrogen-bond acceptors (Lipinski definition) is 9. The van der Waals surface area contributed by atoms with Gasteiger partial charge in [0.15, 0.2) is 11.6 Å². The minimum absolute atomic E-state index is 0.0972. The first-order valence-corrected chi connectivity index (χ1v) is 12.9.